The molecule has 36 heavy (non-hydrogen) atoms. The molecule has 188 valence electrons. The molecular formula is C25H24N2O8S. The van der Waals surface area contributed by atoms with Crippen molar-refractivity contribution in [2.75, 3.05) is 19.0 Å². The van der Waals surface area contributed by atoms with Gasteiger partial charge in [-0.2, -0.15) is 0 Å². The van der Waals surface area contributed by atoms with Crippen LogP contribution in [-0.4, -0.2) is 62.7 Å². The predicted octanol–water partition coefficient (Wildman–Crippen LogP) is 1.92. The van der Waals surface area contributed by atoms with Gasteiger partial charge in [-0.25, -0.2) is 0 Å². The van der Waals surface area contributed by atoms with Crippen molar-refractivity contribution in [3.8, 4) is 21.3 Å². The number of Topliss-reactive ketones (excluding diaryl/α,β-unsaturated/α-hetero) is 2. The van der Waals surface area contributed by atoms with Crippen LogP contribution in [0.5, 0.6) is 10.8 Å². The van der Waals surface area contributed by atoms with E-state index in [-0.39, 0.29) is 41.2 Å². The van der Waals surface area contributed by atoms with E-state index in [4.69, 9.17) is 5.73 Å². The highest BCUT2D eigenvalue weighted by molar-refractivity contribution is 7.17. The summed E-state index contributed by atoms with van der Waals surface area (Å²) in [7, 11) is 3.58. The van der Waals surface area contributed by atoms with E-state index in [1.807, 2.05) is 0 Å². The van der Waals surface area contributed by atoms with Crippen molar-refractivity contribution in [2.24, 2.45) is 17.6 Å². The fourth-order valence-electron chi connectivity index (χ4n) is 5.73. The van der Waals surface area contributed by atoms with Gasteiger partial charge in [0, 0.05) is 48.1 Å². The number of carbonyl (C=O) groups excluding carboxylic acids is 3. The number of aromatic hydroxyl groups is 2. The molecule has 1 heterocycles. The molecule has 3 unspecified atom stereocenters. The molecule has 7 N–H and O–H groups in total. The Hall–Kier alpha value is -3.83. The Bertz CT molecular complexity index is 1440. The first kappa shape index (κ1) is 23.9. The monoisotopic (exact) mass is 512 g/mol. The van der Waals surface area contributed by atoms with Crippen LogP contribution in [0.3, 0.4) is 0 Å². The van der Waals surface area contributed by atoms with Crippen LogP contribution in [0, 0.1) is 11.8 Å². The van der Waals surface area contributed by atoms with Crippen molar-refractivity contribution >= 4 is 40.3 Å². The van der Waals surface area contributed by atoms with Crippen LogP contribution in [0.4, 0.5) is 5.69 Å². The van der Waals surface area contributed by atoms with Crippen molar-refractivity contribution in [2.45, 2.75) is 24.9 Å². The number of amides is 1. The molecule has 11 heteroatoms. The molecule has 0 radical (unpaired) electrons. The Labute approximate surface area is 209 Å². The lowest BCUT2D eigenvalue weighted by atomic mass is 9.59. The summed E-state index contributed by atoms with van der Waals surface area (Å²) in [5.74, 6) is -6.65. The smallest absolute Gasteiger partial charge is 0.255 e. The number of benzene rings is 1. The lowest BCUT2D eigenvalue weighted by Gasteiger charge is -2.46. The van der Waals surface area contributed by atoms with Gasteiger partial charge in [-0.3, -0.25) is 14.4 Å². The number of phenols is 1. The molecule has 1 fully saturated rings. The van der Waals surface area contributed by atoms with Gasteiger partial charge in [0.1, 0.15) is 22.8 Å². The summed E-state index contributed by atoms with van der Waals surface area (Å²) in [4.78, 5) is 40.2. The summed E-state index contributed by atoms with van der Waals surface area (Å²) in [6, 6.07) is 4.82. The largest absolute Gasteiger partial charge is 0.508 e. The van der Waals surface area contributed by atoms with Crippen LogP contribution >= 0.6 is 11.3 Å². The van der Waals surface area contributed by atoms with E-state index in [0.29, 0.717) is 21.7 Å². The molecule has 5 rings (SSSR count). The van der Waals surface area contributed by atoms with Gasteiger partial charge in [0.2, 0.25) is 5.78 Å². The molecule has 1 saturated carbocycles. The van der Waals surface area contributed by atoms with Gasteiger partial charge in [0.15, 0.2) is 16.4 Å². The predicted molar refractivity (Wildman–Crippen MR) is 131 cm³/mol. The minimum absolute atomic E-state index is 0.0104. The fraction of sp³-hybridized carbons (Fsp3) is 0.320. The van der Waals surface area contributed by atoms with Gasteiger partial charge in [-0.05, 0) is 42.5 Å². The normalized spacial score (nSPS) is 25.4. The number of nitrogens with two attached hydrogens (primary N) is 1. The SMILES string of the molecule is CN(C)c1cc(-c2ccc(O)s2)c(O)c2c1CC1CC3CC(=O)C(C(N)=O)=C(O)C3(O)C(=O)C1=C2O. The number of hydrogen-bond donors (Lipinski definition) is 6. The summed E-state index contributed by atoms with van der Waals surface area (Å²) in [5, 5.41) is 54.5. The van der Waals surface area contributed by atoms with Crippen LogP contribution in [0.1, 0.15) is 24.0 Å². The molecule has 3 aliphatic carbocycles. The third kappa shape index (κ3) is 3.09. The third-order valence-corrected chi connectivity index (χ3v) is 8.30. The maximum Gasteiger partial charge on any atom is 0.255 e. The number of aliphatic hydroxyl groups is 3. The Morgan fingerprint density at radius 3 is 2.42 bits per heavy atom. The van der Waals surface area contributed by atoms with E-state index in [0.717, 1.165) is 11.3 Å². The highest BCUT2D eigenvalue weighted by Gasteiger charge is 2.60. The highest BCUT2D eigenvalue weighted by Crippen LogP contribution is 2.54. The quantitative estimate of drug-likeness (QED) is 0.335. The number of phenolic OH excluding ortho intramolecular Hbond substituents is 1. The maximum atomic E-state index is 13.7. The van der Waals surface area contributed by atoms with Crippen LogP contribution in [0.25, 0.3) is 16.2 Å². The first-order chi connectivity index (χ1) is 16.9. The van der Waals surface area contributed by atoms with E-state index in [1.165, 1.54) is 6.07 Å². The average molecular weight is 513 g/mol. The molecule has 1 aromatic carbocycles. The molecule has 2 aromatic rings. The Morgan fingerprint density at radius 1 is 1.14 bits per heavy atom. The number of anilines is 1. The Morgan fingerprint density at radius 2 is 1.83 bits per heavy atom. The van der Waals surface area contributed by atoms with Crippen LogP contribution in [-0.2, 0) is 20.8 Å². The minimum atomic E-state index is -2.60. The van der Waals surface area contributed by atoms with Crippen LogP contribution in [0.2, 0.25) is 0 Å². The highest BCUT2D eigenvalue weighted by atomic mass is 32.1. The van der Waals surface area contributed by atoms with E-state index in [2.05, 4.69) is 0 Å². The molecule has 3 aliphatic rings. The Balaban J connectivity index is 1.75. The van der Waals surface area contributed by atoms with Crippen LogP contribution in [0.15, 0.2) is 35.1 Å². The molecule has 0 aliphatic heterocycles. The molecular weight excluding hydrogens is 488 g/mol. The molecule has 0 bridgehead atoms. The fourth-order valence-corrected chi connectivity index (χ4v) is 6.49. The lowest BCUT2D eigenvalue weighted by molar-refractivity contribution is -0.147. The summed E-state index contributed by atoms with van der Waals surface area (Å²) >= 11 is 1.03. The zero-order valence-corrected chi connectivity index (χ0v) is 20.2. The maximum absolute atomic E-state index is 13.7. The van der Waals surface area contributed by atoms with E-state index in [9.17, 15) is 39.9 Å². The zero-order chi connectivity index (χ0) is 26.3. The molecule has 3 atom stereocenters. The number of aliphatic hydroxyl groups excluding tert-OH is 2. The number of nitrogens with zero attached hydrogens (tertiary/aromatic N) is 1. The Kier molecular flexibility index (Phi) is 5.20. The number of hydrogen-bond acceptors (Lipinski definition) is 10. The topological polar surface area (TPSA) is 182 Å². The van der Waals surface area contributed by atoms with Gasteiger partial charge in [-0.15, -0.1) is 0 Å². The van der Waals surface area contributed by atoms with Crippen molar-refractivity contribution in [3.05, 3.63) is 46.2 Å². The molecule has 10 nitrogen and oxygen atoms in total. The summed E-state index contributed by atoms with van der Waals surface area (Å²) in [5.41, 5.74) is 3.18. The molecule has 0 saturated heterocycles. The number of rotatable bonds is 3. The minimum Gasteiger partial charge on any atom is -0.508 e. The second-order valence-corrected chi connectivity index (χ2v) is 10.6. The number of ketones is 2. The van der Waals surface area contributed by atoms with E-state index in [1.54, 1.807) is 31.1 Å². The standard InChI is InChI=1S/C25H24N2O8S/c1-27(2)13-8-12(15-3-4-16(29)36-15)20(30)18-11(13)6-9-5-10-7-14(28)19(24(26)34)23(33)25(10,35)22(32)17(9)21(18)31/h3-4,8-10,29-31,33,35H,5-7H2,1-2H3,(H2,26,34). The molecule has 1 amide bonds. The zero-order valence-electron chi connectivity index (χ0n) is 19.4. The van der Waals surface area contributed by atoms with Gasteiger partial charge >= 0.3 is 0 Å². The van der Waals surface area contributed by atoms with Gasteiger partial charge in [0.25, 0.3) is 5.91 Å². The lowest BCUT2D eigenvalue weighted by Crippen LogP contribution is -2.58. The summed E-state index contributed by atoms with van der Waals surface area (Å²) in [6.45, 7) is 0. The summed E-state index contributed by atoms with van der Waals surface area (Å²) in [6.07, 6.45) is -0.0862. The van der Waals surface area contributed by atoms with Crippen molar-refractivity contribution < 1.29 is 39.9 Å². The molecule has 1 aromatic heterocycles. The second-order valence-electron chi connectivity index (χ2n) is 9.58. The first-order valence-corrected chi connectivity index (χ1v) is 12.0. The number of fused-ring (bicyclic) bond motifs is 3. The number of carbonyl (C=O) groups is 3. The third-order valence-electron chi connectivity index (χ3n) is 7.38. The van der Waals surface area contributed by atoms with Gasteiger partial charge in [-0.1, -0.05) is 11.3 Å². The van der Waals surface area contributed by atoms with Crippen molar-refractivity contribution in [3.63, 3.8) is 0 Å². The van der Waals surface area contributed by atoms with Gasteiger partial charge < -0.3 is 36.2 Å². The van der Waals surface area contributed by atoms with Crippen LogP contribution < -0.4 is 10.6 Å². The second kappa shape index (κ2) is 7.84. The van der Waals surface area contributed by atoms with Gasteiger partial charge in [0.05, 0.1) is 5.56 Å². The molecule has 0 spiro atoms. The number of thiophene rings is 1. The van der Waals surface area contributed by atoms with E-state index >= 15 is 0 Å². The summed E-state index contributed by atoms with van der Waals surface area (Å²) < 4.78 is 0. The average Bonchev–Trinajstić information content (AvgIpc) is 3.21. The number of primary amides is 1. The van der Waals surface area contributed by atoms with Crippen molar-refractivity contribution in [1.29, 1.82) is 0 Å². The van der Waals surface area contributed by atoms with E-state index < -0.39 is 52.0 Å². The van der Waals surface area contributed by atoms with Crippen molar-refractivity contribution in [1.82, 2.24) is 0 Å². The first-order valence-electron chi connectivity index (χ1n) is 11.2.